The first-order valence-corrected chi connectivity index (χ1v) is 4.35. The van der Waals surface area contributed by atoms with Crippen molar-refractivity contribution in [1.29, 1.82) is 0 Å². The van der Waals surface area contributed by atoms with Crippen molar-refractivity contribution in [2.45, 2.75) is 27.7 Å². The highest BCUT2D eigenvalue weighted by Crippen LogP contribution is 2.43. The monoisotopic (exact) mass is 168 g/mol. The molecule has 0 aliphatic heterocycles. The van der Waals surface area contributed by atoms with Crippen LogP contribution in [-0.4, -0.2) is 12.6 Å². The number of rotatable bonds is 2. The molecule has 2 nitrogen and oxygen atoms in total. The van der Waals surface area contributed by atoms with E-state index in [-0.39, 0.29) is 17.3 Å². The molecule has 0 fully saturated rings. The molecule has 1 aliphatic rings. The molecule has 1 rings (SSSR count). The Balaban J connectivity index is 2.41. The Labute approximate surface area is 73.6 Å². The van der Waals surface area contributed by atoms with Gasteiger partial charge in [0.15, 0.2) is 0 Å². The quantitative estimate of drug-likeness (QED) is 0.466. The second kappa shape index (κ2) is 2.92. The Morgan fingerprint density at radius 3 is 2.50 bits per heavy atom. The van der Waals surface area contributed by atoms with Gasteiger partial charge >= 0.3 is 5.97 Å². The Kier molecular flexibility index (Phi) is 2.27. The lowest BCUT2D eigenvalue weighted by Crippen LogP contribution is -2.13. The molecule has 1 atom stereocenters. The van der Waals surface area contributed by atoms with Crippen molar-refractivity contribution < 1.29 is 9.53 Å². The topological polar surface area (TPSA) is 26.3 Å². The summed E-state index contributed by atoms with van der Waals surface area (Å²) < 4.78 is 4.90. The van der Waals surface area contributed by atoms with Gasteiger partial charge in [-0.1, -0.05) is 26.8 Å². The van der Waals surface area contributed by atoms with Gasteiger partial charge in [-0.2, -0.15) is 0 Å². The molecule has 0 N–H and O–H groups in total. The summed E-state index contributed by atoms with van der Waals surface area (Å²) in [4.78, 5) is 11.2. The van der Waals surface area contributed by atoms with E-state index in [1.54, 1.807) is 0 Å². The van der Waals surface area contributed by atoms with Crippen LogP contribution in [0.1, 0.15) is 27.7 Å². The molecule has 1 unspecified atom stereocenters. The van der Waals surface area contributed by atoms with Crippen LogP contribution in [0, 0.1) is 11.3 Å². The molecule has 68 valence electrons. The summed E-state index contributed by atoms with van der Waals surface area (Å²) in [7, 11) is 0. The van der Waals surface area contributed by atoms with Gasteiger partial charge in [-0.3, -0.25) is 4.79 Å². The van der Waals surface area contributed by atoms with E-state index in [9.17, 15) is 4.79 Å². The molecule has 0 aromatic rings. The highest BCUT2D eigenvalue weighted by Gasteiger charge is 2.39. The van der Waals surface area contributed by atoms with Crippen molar-refractivity contribution in [3.8, 4) is 0 Å². The minimum atomic E-state index is -0.0950. The molecule has 0 heterocycles. The van der Waals surface area contributed by atoms with E-state index in [1.807, 2.05) is 13.0 Å². The van der Waals surface area contributed by atoms with Gasteiger partial charge in [0.1, 0.15) is 0 Å². The minimum Gasteiger partial charge on any atom is -0.465 e. The average molecular weight is 168 g/mol. The van der Waals surface area contributed by atoms with Gasteiger partial charge in [-0.25, -0.2) is 0 Å². The second-order valence-corrected chi connectivity index (χ2v) is 4.10. The SMILES string of the molecule is CCOC(=O)C1C=C1C(C)(C)C. The van der Waals surface area contributed by atoms with Crippen molar-refractivity contribution in [3.63, 3.8) is 0 Å². The van der Waals surface area contributed by atoms with Crippen LogP contribution in [0.2, 0.25) is 0 Å². The summed E-state index contributed by atoms with van der Waals surface area (Å²) in [5.41, 5.74) is 1.33. The fourth-order valence-corrected chi connectivity index (χ4v) is 1.27. The van der Waals surface area contributed by atoms with Crippen LogP contribution in [0.4, 0.5) is 0 Å². The largest absolute Gasteiger partial charge is 0.465 e. The Morgan fingerprint density at radius 2 is 2.17 bits per heavy atom. The van der Waals surface area contributed by atoms with E-state index in [0.29, 0.717) is 6.61 Å². The lowest BCUT2D eigenvalue weighted by atomic mass is 9.91. The zero-order chi connectivity index (χ0) is 9.35. The van der Waals surface area contributed by atoms with Crippen LogP contribution in [0.15, 0.2) is 11.6 Å². The number of carbonyl (C=O) groups is 1. The molecule has 12 heavy (non-hydrogen) atoms. The fraction of sp³-hybridized carbons (Fsp3) is 0.700. The van der Waals surface area contributed by atoms with E-state index < -0.39 is 0 Å². The van der Waals surface area contributed by atoms with Crippen LogP contribution in [0.5, 0.6) is 0 Å². The maximum absolute atomic E-state index is 11.2. The number of esters is 1. The molecule has 0 amide bonds. The summed E-state index contributed by atoms with van der Waals surface area (Å²) in [6, 6.07) is 0. The van der Waals surface area contributed by atoms with Crippen LogP contribution >= 0.6 is 0 Å². The van der Waals surface area contributed by atoms with Crippen LogP contribution in [0.25, 0.3) is 0 Å². The highest BCUT2D eigenvalue weighted by atomic mass is 16.5. The third-order valence-corrected chi connectivity index (χ3v) is 1.98. The third kappa shape index (κ3) is 1.87. The standard InChI is InChI=1S/C10H16O2/c1-5-12-9(11)7-6-8(7)10(2,3)4/h6-7H,5H2,1-4H3. The summed E-state index contributed by atoms with van der Waals surface area (Å²) in [5, 5.41) is 0. The van der Waals surface area contributed by atoms with Crippen molar-refractivity contribution in [2.24, 2.45) is 11.3 Å². The van der Waals surface area contributed by atoms with E-state index in [2.05, 4.69) is 20.8 Å². The lowest BCUT2D eigenvalue weighted by Gasteiger charge is -2.15. The first kappa shape index (κ1) is 9.30. The first-order chi connectivity index (χ1) is 5.46. The van der Waals surface area contributed by atoms with Crippen LogP contribution in [-0.2, 0) is 9.53 Å². The highest BCUT2D eigenvalue weighted by molar-refractivity contribution is 5.83. The van der Waals surface area contributed by atoms with Crippen LogP contribution < -0.4 is 0 Å². The predicted molar refractivity (Wildman–Crippen MR) is 47.7 cm³/mol. The summed E-state index contributed by atoms with van der Waals surface area (Å²) in [6.45, 7) is 8.63. The number of carbonyl (C=O) groups excluding carboxylic acids is 1. The van der Waals surface area contributed by atoms with Crippen molar-refractivity contribution in [3.05, 3.63) is 11.6 Å². The zero-order valence-corrected chi connectivity index (χ0v) is 8.18. The van der Waals surface area contributed by atoms with E-state index in [1.165, 1.54) is 5.57 Å². The first-order valence-electron chi connectivity index (χ1n) is 4.35. The van der Waals surface area contributed by atoms with E-state index in [0.717, 1.165) is 0 Å². The minimum absolute atomic E-state index is 0.0232. The molecule has 0 saturated heterocycles. The van der Waals surface area contributed by atoms with Gasteiger partial charge in [-0.15, -0.1) is 0 Å². The fourth-order valence-electron chi connectivity index (χ4n) is 1.27. The lowest BCUT2D eigenvalue weighted by molar-refractivity contribution is -0.144. The second-order valence-electron chi connectivity index (χ2n) is 4.10. The molecular formula is C10H16O2. The third-order valence-electron chi connectivity index (χ3n) is 1.98. The van der Waals surface area contributed by atoms with Gasteiger partial charge in [0.05, 0.1) is 12.5 Å². The number of hydrogen-bond acceptors (Lipinski definition) is 2. The number of hydrogen-bond donors (Lipinski definition) is 0. The molecule has 0 saturated carbocycles. The molecule has 0 spiro atoms. The van der Waals surface area contributed by atoms with Crippen LogP contribution in [0.3, 0.4) is 0 Å². The predicted octanol–water partition coefficient (Wildman–Crippen LogP) is 2.15. The molecule has 0 aromatic carbocycles. The van der Waals surface area contributed by atoms with E-state index >= 15 is 0 Å². The summed E-state index contributed by atoms with van der Waals surface area (Å²) in [5.74, 6) is -0.118. The Morgan fingerprint density at radius 1 is 1.58 bits per heavy atom. The maximum Gasteiger partial charge on any atom is 0.316 e. The van der Waals surface area contributed by atoms with Crippen molar-refractivity contribution in [2.75, 3.05) is 6.61 Å². The number of ether oxygens (including phenoxy) is 1. The molecule has 1 aliphatic carbocycles. The maximum atomic E-state index is 11.2. The Bertz CT molecular complexity index is 220. The van der Waals surface area contributed by atoms with Gasteiger partial charge in [-0.05, 0) is 17.9 Å². The molecule has 0 aromatic heterocycles. The van der Waals surface area contributed by atoms with Crippen molar-refractivity contribution >= 4 is 5.97 Å². The smallest absolute Gasteiger partial charge is 0.316 e. The van der Waals surface area contributed by atoms with Crippen molar-refractivity contribution in [1.82, 2.24) is 0 Å². The van der Waals surface area contributed by atoms with Gasteiger partial charge in [0, 0.05) is 0 Å². The Hall–Kier alpha value is -0.790. The van der Waals surface area contributed by atoms with Gasteiger partial charge in [0.25, 0.3) is 0 Å². The van der Waals surface area contributed by atoms with Gasteiger partial charge in [0.2, 0.25) is 0 Å². The molecule has 2 heteroatoms. The molecular weight excluding hydrogens is 152 g/mol. The molecule has 0 bridgehead atoms. The normalized spacial score (nSPS) is 21.7. The zero-order valence-electron chi connectivity index (χ0n) is 8.18. The van der Waals surface area contributed by atoms with Gasteiger partial charge < -0.3 is 4.74 Å². The van der Waals surface area contributed by atoms with E-state index in [4.69, 9.17) is 4.74 Å². The summed E-state index contributed by atoms with van der Waals surface area (Å²) >= 11 is 0. The summed E-state index contributed by atoms with van der Waals surface area (Å²) in [6.07, 6.45) is 1.98. The average Bonchev–Trinajstić information content (AvgIpc) is 2.62. The molecule has 0 radical (unpaired) electrons.